The molecule has 3 rings (SSSR count). The average molecular weight is 341 g/mol. The molecule has 2 heterocycles. The topological polar surface area (TPSA) is 56.1 Å². The number of carbonyl (C=O) groups excluding carboxylic acids is 1. The van der Waals surface area contributed by atoms with Gasteiger partial charge >= 0.3 is 0 Å². The summed E-state index contributed by atoms with van der Waals surface area (Å²) >= 11 is 1.41. The van der Waals surface area contributed by atoms with E-state index in [1.807, 2.05) is 44.5 Å². The van der Waals surface area contributed by atoms with Gasteiger partial charge in [-0.05, 0) is 42.5 Å². The third kappa shape index (κ3) is 3.83. The Morgan fingerprint density at radius 1 is 1.33 bits per heavy atom. The van der Waals surface area contributed by atoms with Crippen LogP contribution < -0.4 is 10.1 Å². The van der Waals surface area contributed by atoms with Gasteiger partial charge in [0, 0.05) is 18.8 Å². The van der Waals surface area contributed by atoms with E-state index in [0.29, 0.717) is 17.2 Å². The normalized spacial score (nSPS) is 10.6. The van der Waals surface area contributed by atoms with Gasteiger partial charge in [0.1, 0.15) is 12.4 Å². The lowest BCUT2D eigenvalue weighted by molar-refractivity contribution is 0.103. The van der Waals surface area contributed by atoms with E-state index in [4.69, 9.17) is 4.74 Å². The van der Waals surface area contributed by atoms with E-state index < -0.39 is 0 Å². The molecule has 0 spiro atoms. The molecule has 0 aliphatic heterocycles. The largest absolute Gasteiger partial charge is 0.489 e. The molecule has 0 radical (unpaired) electrons. The van der Waals surface area contributed by atoms with Crippen LogP contribution in [0.25, 0.3) is 0 Å². The zero-order valence-electron chi connectivity index (χ0n) is 13.9. The predicted octanol–water partition coefficient (Wildman–Crippen LogP) is 3.93. The van der Waals surface area contributed by atoms with Gasteiger partial charge in [0.05, 0.1) is 16.8 Å². The Morgan fingerprint density at radius 2 is 2.17 bits per heavy atom. The molecule has 0 aliphatic carbocycles. The number of amides is 1. The van der Waals surface area contributed by atoms with Crippen LogP contribution in [0.3, 0.4) is 0 Å². The lowest BCUT2D eigenvalue weighted by Crippen LogP contribution is -2.09. The fraction of sp³-hybridized carbons (Fsp3) is 0.222. The standard InChI is InChI=1S/C18H19N3O2S/c1-12-4-5-13(2)16(6-12)23-10-14-7-17(24-11-14)18(22)20-15-8-19-21(3)9-15/h4-9,11H,10H2,1-3H3,(H,20,22). The minimum Gasteiger partial charge on any atom is -0.489 e. The predicted molar refractivity (Wildman–Crippen MR) is 95.7 cm³/mol. The lowest BCUT2D eigenvalue weighted by Gasteiger charge is -2.08. The van der Waals surface area contributed by atoms with Crippen molar-refractivity contribution in [3.63, 3.8) is 0 Å². The first-order valence-corrected chi connectivity index (χ1v) is 8.46. The van der Waals surface area contributed by atoms with Crippen molar-refractivity contribution in [2.24, 2.45) is 7.05 Å². The summed E-state index contributed by atoms with van der Waals surface area (Å²) in [5.41, 5.74) is 3.93. The van der Waals surface area contributed by atoms with E-state index in [1.165, 1.54) is 11.3 Å². The lowest BCUT2D eigenvalue weighted by atomic mass is 10.1. The van der Waals surface area contributed by atoms with Crippen LogP contribution in [-0.4, -0.2) is 15.7 Å². The van der Waals surface area contributed by atoms with Gasteiger partial charge in [0.25, 0.3) is 5.91 Å². The maximum atomic E-state index is 12.2. The van der Waals surface area contributed by atoms with E-state index in [9.17, 15) is 4.79 Å². The van der Waals surface area contributed by atoms with Gasteiger partial charge in [-0.2, -0.15) is 5.10 Å². The number of anilines is 1. The SMILES string of the molecule is Cc1ccc(C)c(OCc2csc(C(=O)Nc3cnn(C)c3)c2)c1. The molecule has 5 nitrogen and oxygen atoms in total. The summed E-state index contributed by atoms with van der Waals surface area (Å²) in [7, 11) is 1.81. The molecule has 0 atom stereocenters. The number of rotatable bonds is 5. The molecule has 0 aliphatic rings. The molecule has 0 saturated heterocycles. The van der Waals surface area contributed by atoms with Crippen LogP contribution in [0.15, 0.2) is 42.0 Å². The summed E-state index contributed by atoms with van der Waals surface area (Å²) in [6.07, 6.45) is 3.38. The summed E-state index contributed by atoms with van der Waals surface area (Å²) in [5.74, 6) is 0.744. The molecule has 1 amide bonds. The second-order valence-electron chi connectivity index (χ2n) is 5.73. The number of aromatic nitrogens is 2. The van der Waals surface area contributed by atoms with Gasteiger partial charge in [-0.3, -0.25) is 9.48 Å². The zero-order chi connectivity index (χ0) is 17.1. The molecule has 0 unspecified atom stereocenters. The maximum Gasteiger partial charge on any atom is 0.265 e. The Labute approximate surface area is 144 Å². The first kappa shape index (κ1) is 16.3. The third-order valence-electron chi connectivity index (χ3n) is 3.58. The quantitative estimate of drug-likeness (QED) is 0.765. The maximum absolute atomic E-state index is 12.2. The molecule has 2 aromatic heterocycles. The van der Waals surface area contributed by atoms with E-state index >= 15 is 0 Å². The second kappa shape index (κ2) is 6.88. The van der Waals surface area contributed by atoms with Crippen molar-refractivity contribution in [2.45, 2.75) is 20.5 Å². The van der Waals surface area contributed by atoms with Crippen molar-refractivity contribution in [2.75, 3.05) is 5.32 Å². The molecule has 1 aromatic carbocycles. The Balaban J connectivity index is 1.62. The van der Waals surface area contributed by atoms with Gasteiger partial charge < -0.3 is 10.1 Å². The van der Waals surface area contributed by atoms with Gasteiger partial charge in [-0.15, -0.1) is 11.3 Å². The van der Waals surface area contributed by atoms with Crippen molar-refractivity contribution in [3.05, 3.63) is 63.6 Å². The molecule has 24 heavy (non-hydrogen) atoms. The van der Waals surface area contributed by atoms with E-state index in [0.717, 1.165) is 22.4 Å². The van der Waals surface area contributed by atoms with Crippen molar-refractivity contribution in [3.8, 4) is 5.75 Å². The fourth-order valence-electron chi connectivity index (χ4n) is 2.27. The van der Waals surface area contributed by atoms with E-state index in [2.05, 4.69) is 16.5 Å². The van der Waals surface area contributed by atoms with Crippen LogP contribution in [-0.2, 0) is 13.7 Å². The monoisotopic (exact) mass is 341 g/mol. The van der Waals surface area contributed by atoms with Crippen LogP contribution in [0.4, 0.5) is 5.69 Å². The highest BCUT2D eigenvalue weighted by Gasteiger charge is 2.11. The number of carbonyl (C=O) groups is 1. The van der Waals surface area contributed by atoms with Crippen LogP contribution in [0.1, 0.15) is 26.4 Å². The molecular weight excluding hydrogens is 322 g/mol. The van der Waals surface area contributed by atoms with Gasteiger partial charge in [0.2, 0.25) is 0 Å². The number of hydrogen-bond donors (Lipinski definition) is 1. The van der Waals surface area contributed by atoms with Gasteiger partial charge in [-0.25, -0.2) is 0 Å². The molecule has 0 saturated carbocycles. The summed E-state index contributed by atoms with van der Waals surface area (Å²) in [6, 6.07) is 8.00. The smallest absolute Gasteiger partial charge is 0.265 e. The number of hydrogen-bond acceptors (Lipinski definition) is 4. The highest BCUT2D eigenvalue weighted by molar-refractivity contribution is 7.12. The molecular formula is C18H19N3O2S. The second-order valence-corrected chi connectivity index (χ2v) is 6.64. The highest BCUT2D eigenvalue weighted by atomic mass is 32.1. The Morgan fingerprint density at radius 3 is 2.92 bits per heavy atom. The summed E-state index contributed by atoms with van der Waals surface area (Å²) < 4.78 is 7.53. The van der Waals surface area contributed by atoms with Crippen molar-refractivity contribution in [1.82, 2.24) is 9.78 Å². The van der Waals surface area contributed by atoms with Crippen molar-refractivity contribution in [1.29, 1.82) is 0 Å². The number of thiophene rings is 1. The number of nitrogens with one attached hydrogen (secondary N) is 1. The summed E-state index contributed by atoms with van der Waals surface area (Å²) in [4.78, 5) is 12.9. The van der Waals surface area contributed by atoms with Crippen LogP contribution in [0.2, 0.25) is 0 Å². The fourth-order valence-corrected chi connectivity index (χ4v) is 3.06. The Bertz CT molecular complexity index is 867. The van der Waals surface area contributed by atoms with E-state index in [-0.39, 0.29) is 5.91 Å². The summed E-state index contributed by atoms with van der Waals surface area (Å²) in [5, 5.41) is 8.81. The first-order valence-electron chi connectivity index (χ1n) is 7.59. The van der Waals surface area contributed by atoms with Crippen LogP contribution in [0.5, 0.6) is 5.75 Å². The zero-order valence-corrected chi connectivity index (χ0v) is 14.7. The average Bonchev–Trinajstić information content (AvgIpc) is 3.17. The van der Waals surface area contributed by atoms with Gasteiger partial charge in [0.15, 0.2) is 0 Å². The summed E-state index contributed by atoms with van der Waals surface area (Å²) in [6.45, 7) is 4.51. The number of ether oxygens (including phenoxy) is 1. The molecule has 1 N–H and O–H groups in total. The van der Waals surface area contributed by atoms with Gasteiger partial charge in [-0.1, -0.05) is 12.1 Å². The third-order valence-corrected chi connectivity index (χ3v) is 4.56. The van der Waals surface area contributed by atoms with Crippen molar-refractivity contribution < 1.29 is 9.53 Å². The molecule has 6 heteroatoms. The minimum atomic E-state index is -0.133. The Hall–Kier alpha value is -2.60. The molecule has 124 valence electrons. The van der Waals surface area contributed by atoms with Crippen LogP contribution in [0, 0.1) is 13.8 Å². The highest BCUT2D eigenvalue weighted by Crippen LogP contribution is 2.22. The van der Waals surface area contributed by atoms with Crippen molar-refractivity contribution >= 4 is 22.9 Å². The number of nitrogens with zero attached hydrogens (tertiary/aromatic N) is 2. The number of benzene rings is 1. The minimum absolute atomic E-state index is 0.133. The number of aryl methyl sites for hydroxylation is 3. The molecule has 3 aromatic rings. The van der Waals surface area contributed by atoms with Crippen LogP contribution >= 0.6 is 11.3 Å². The Kier molecular flexibility index (Phi) is 4.66. The molecule has 0 bridgehead atoms. The molecule has 0 fully saturated rings. The first-order chi connectivity index (χ1) is 11.5. The van der Waals surface area contributed by atoms with E-state index in [1.54, 1.807) is 17.1 Å².